The van der Waals surface area contributed by atoms with E-state index in [-0.39, 0.29) is 30.0 Å². The van der Waals surface area contributed by atoms with Crippen molar-refractivity contribution in [3.8, 4) is 11.5 Å². The number of methoxy groups -OCH3 is 1. The second-order valence-corrected chi connectivity index (χ2v) is 7.74. The fraction of sp³-hybridized carbons (Fsp3) is 0.391. The van der Waals surface area contributed by atoms with E-state index in [1.165, 1.54) is 4.90 Å². The molecule has 0 saturated carbocycles. The van der Waals surface area contributed by atoms with E-state index in [1.807, 2.05) is 36.4 Å². The predicted molar refractivity (Wildman–Crippen MR) is 114 cm³/mol. The van der Waals surface area contributed by atoms with Gasteiger partial charge in [0.05, 0.1) is 19.6 Å². The number of phenolic OH excluding ortho intramolecular Hbond substituents is 1. The van der Waals surface area contributed by atoms with Crippen molar-refractivity contribution in [1.29, 1.82) is 0 Å². The summed E-state index contributed by atoms with van der Waals surface area (Å²) in [5.74, 6) is 0.881. The average molecular weight is 409 g/mol. The molecule has 0 unspecified atom stereocenters. The number of likely N-dealkylation sites (tertiary alicyclic amines) is 1. The molecule has 2 aromatic rings. The standard InChI is InChI=1S/C23H27N3O4/c1-30-20-8-2-17(3-9-20)10-11-26-22(28)16-21(23(26)29)25-14-12-24(13-15-25)18-4-6-19(27)7-5-18/h2-9,21,27H,10-16H2,1H3/t21-/m1/s1. The molecular weight excluding hydrogens is 382 g/mol. The van der Waals surface area contributed by atoms with Gasteiger partial charge >= 0.3 is 0 Å². The van der Waals surface area contributed by atoms with E-state index in [4.69, 9.17) is 4.74 Å². The van der Waals surface area contributed by atoms with Crippen molar-refractivity contribution in [3.63, 3.8) is 0 Å². The van der Waals surface area contributed by atoms with Crippen molar-refractivity contribution < 1.29 is 19.4 Å². The number of benzene rings is 2. The maximum atomic E-state index is 12.9. The summed E-state index contributed by atoms with van der Waals surface area (Å²) >= 11 is 0. The molecule has 0 spiro atoms. The fourth-order valence-electron chi connectivity index (χ4n) is 4.17. The van der Waals surface area contributed by atoms with Crippen LogP contribution in [-0.4, -0.2) is 72.6 Å². The van der Waals surface area contributed by atoms with Gasteiger partial charge in [-0.3, -0.25) is 19.4 Å². The van der Waals surface area contributed by atoms with Crippen molar-refractivity contribution in [2.45, 2.75) is 18.9 Å². The Kier molecular flexibility index (Phi) is 5.90. The van der Waals surface area contributed by atoms with Crippen molar-refractivity contribution in [1.82, 2.24) is 9.80 Å². The first-order valence-electron chi connectivity index (χ1n) is 10.3. The van der Waals surface area contributed by atoms with Gasteiger partial charge < -0.3 is 14.7 Å². The Balaban J connectivity index is 1.32. The SMILES string of the molecule is COc1ccc(CCN2C(=O)C[C@@H](N3CCN(c4ccc(O)cc4)CC3)C2=O)cc1. The molecule has 2 amide bonds. The van der Waals surface area contributed by atoms with E-state index < -0.39 is 0 Å². The molecular formula is C23H27N3O4. The number of piperazine rings is 1. The molecule has 158 valence electrons. The third kappa shape index (κ3) is 4.26. The summed E-state index contributed by atoms with van der Waals surface area (Å²) in [6, 6.07) is 14.5. The highest BCUT2D eigenvalue weighted by atomic mass is 16.5. The number of ether oxygens (including phenoxy) is 1. The molecule has 0 bridgehead atoms. The molecule has 2 saturated heterocycles. The lowest BCUT2D eigenvalue weighted by Crippen LogP contribution is -2.52. The summed E-state index contributed by atoms with van der Waals surface area (Å²) in [7, 11) is 1.63. The van der Waals surface area contributed by atoms with E-state index in [0.29, 0.717) is 13.0 Å². The van der Waals surface area contributed by atoms with E-state index in [9.17, 15) is 14.7 Å². The molecule has 2 heterocycles. The zero-order chi connectivity index (χ0) is 21.1. The molecule has 0 aliphatic carbocycles. The van der Waals surface area contributed by atoms with Crippen LogP contribution in [0.1, 0.15) is 12.0 Å². The van der Waals surface area contributed by atoms with E-state index >= 15 is 0 Å². The topological polar surface area (TPSA) is 73.3 Å². The van der Waals surface area contributed by atoms with E-state index in [1.54, 1.807) is 19.2 Å². The number of phenols is 1. The molecule has 0 radical (unpaired) electrons. The third-order valence-electron chi connectivity index (χ3n) is 5.97. The first-order chi connectivity index (χ1) is 14.5. The van der Waals surface area contributed by atoms with Crippen molar-refractivity contribution in [2.75, 3.05) is 44.7 Å². The minimum Gasteiger partial charge on any atom is -0.508 e. The fourth-order valence-corrected chi connectivity index (χ4v) is 4.17. The van der Waals surface area contributed by atoms with Crippen LogP contribution in [0, 0.1) is 0 Å². The Morgan fingerprint density at radius 3 is 2.27 bits per heavy atom. The quantitative estimate of drug-likeness (QED) is 0.735. The van der Waals surface area contributed by atoms with Crippen LogP contribution in [-0.2, 0) is 16.0 Å². The second-order valence-electron chi connectivity index (χ2n) is 7.74. The first kappa shape index (κ1) is 20.2. The summed E-state index contributed by atoms with van der Waals surface area (Å²) < 4.78 is 5.16. The summed E-state index contributed by atoms with van der Waals surface area (Å²) in [5, 5.41) is 9.45. The minimum atomic E-state index is -0.352. The van der Waals surface area contributed by atoms with Crippen LogP contribution < -0.4 is 9.64 Å². The van der Waals surface area contributed by atoms with Gasteiger partial charge in [-0.25, -0.2) is 0 Å². The van der Waals surface area contributed by atoms with E-state index in [2.05, 4.69) is 9.80 Å². The number of hydrogen-bond donors (Lipinski definition) is 1. The molecule has 2 aromatic carbocycles. The largest absolute Gasteiger partial charge is 0.508 e. The number of nitrogens with zero attached hydrogens (tertiary/aromatic N) is 3. The van der Waals surface area contributed by atoms with Crippen LogP contribution in [0.4, 0.5) is 5.69 Å². The lowest BCUT2D eigenvalue weighted by Gasteiger charge is -2.38. The number of aromatic hydroxyl groups is 1. The maximum Gasteiger partial charge on any atom is 0.247 e. The van der Waals surface area contributed by atoms with Gasteiger partial charge in [0, 0.05) is 38.4 Å². The highest BCUT2D eigenvalue weighted by molar-refractivity contribution is 6.05. The number of carbonyl (C=O) groups is 2. The Labute approximate surface area is 176 Å². The summed E-state index contributed by atoms with van der Waals surface area (Å²) in [4.78, 5) is 31.2. The van der Waals surface area contributed by atoms with Gasteiger partial charge in [0.2, 0.25) is 11.8 Å². The molecule has 2 aliphatic heterocycles. The van der Waals surface area contributed by atoms with Gasteiger partial charge in [0.25, 0.3) is 0 Å². The number of rotatable bonds is 6. The Morgan fingerprint density at radius 2 is 1.63 bits per heavy atom. The number of anilines is 1. The van der Waals surface area contributed by atoms with Gasteiger partial charge in [0.1, 0.15) is 11.5 Å². The second kappa shape index (κ2) is 8.75. The van der Waals surface area contributed by atoms with Crippen LogP contribution in [0.3, 0.4) is 0 Å². The Bertz CT molecular complexity index is 890. The summed E-state index contributed by atoms with van der Waals surface area (Å²) in [6.45, 7) is 3.45. The molecule has 7 heteroatoms. The molecule has 0 aromatic heterocycles. The van der Waals surface area contributed by atoms with Crippen LogP contribution in [0.5, 0.6) is 11.5 Å². The van der Waals surface area contributed by atoms with Gasteiger partial charge in [-0.15, -0.1) is 0 Å². The number of hydrogen-bond acceptors (Lipinski definition) is 6. The normalized spacial score (nSPS) is 20.1. The van der Waals surface area contributed by atoms with Crippen LogP contribution >= 0.6 is 0 Å². The first-order valence-corrected chi connectivity index (χ1v) is 10.3. The molecule has 1 N–H and O–H groups in total. The smallest absolute Gasteiger partial charge is 0.247 e. The molecule has 1 atom stereocenters. The molecule has 2 aliphatic rings. The third-order valence-corrected chi connectivity index (χ3v) is 5.97. The van der Waals surface area contributed by atoms with Crippen molar-refractivity contribution in [3.05, 3.63) is 54.1 Å². The zero-order valence-corrected chi connectivity index (χ0v) is 17.2. The van der Waals surface area contributed by atoms with Crippen LogP contribution in [0.15, 0.2) is 48.5 Å². The molecule has 4 rings (SSSR count). The maximum absolute atomic E-state index is 12.9. The molecule has 7 nitrogen and oxygen atoms in total. The Hall–Kier alpha value is -3.06. The number of imide groups is 1. The van der Waals surface area contributed by atoms with Gasteiger partial charge in [-0.2, -0.15) is 0 Å². The molecule has 2 fully saturated rings. The van der Waals surface area contributed by atoms with Crippen molar-refractivity contribution in [2.24, 2.45) is 0 Å². The van der Waals surface area contributed by atoms with Crippen molar-refractivity contribution >= 4 is 17.5 Å². The summed E-state index contributed by atoms with van der Waals surface area (Å²) in [6.07, 6.45) is 0.906. The lowest BCUT2D eigenvalue weighted by molar-refractivity contribution is -0.139. The number of amides is 2. The van der Waals surface area contributed by atoms with Gasteiger partial charge in [0.15, 0.2) is 0 Å². The highest BCUT2D eigenvalue weighted by Crippen LogP contribution is 2.24. The monoisotopic (exact) mass is 409 g/mol. The molecule has 30 heavy (non-hydrogen) atoms. The van der Waals surface area contributed by atoms with Crippen LogP contribution in [0.25, 0.3) is 0 Å². The van der Waals surface area contributed by atoms with E-state index in [0.717, 1.165) is 43.2 Å². The average Bonchev–Trinajstić information content (AvgIpc) is 3.06. The predicted octanol–water partition coefficient (Wildman–Crippen LogP) is 1.89. The number of carbonyl (C=O) groups excluding carboxylic acids is 2. The Morgan fingerprint density at radius 1 is 0.967 bits per heavy atom. The highest BCUT2D eigenvalue weighted by Gasteiger charge is 2.42. The zero-order valence-electron chi connectivity index (χ0n) is 17.2. The van der Waals surface area contributed by atoms with Gasteiger partial charge in [-0.1, -0.05) is 12.1 Å². The lowest BCUT2D eigenvalue weighted by atomic mass is 10.1. The van der Waals surface area contributed by atoms with Crippen LogP contribution in [0.2, 0.25) is 0 Å². The van der Waals surface area contributed by atoms with Gasteiger partial charge in [-0.05, 0) is 48.4 Å². The summed E-state index contributed by atoms with van der Waals surface area (Å²) in [5.41, 5.74) is 2.13. The minimum absolute atomic E-state index is 0.0772.